The first kappa shape index (κ1) is 27.9. The molecule has 0 amide bonds. The molecule has 30 heavy (non-hydrogen) atoms. The van der Waals surface area contributed by atoms with E-state index in [0.717, 1.165) is 25.7 Å². The van der Waals surface area contributed by atoms with Gasteiger partial charge in [-0.15, -0.1) is 0 Å². The smallest absolute Gasteiger partial charge is 0.211 e. The highest BCUT2D eigenvalue weighted by molar-refractivity contribution is 7.89. The average molecular weight is 445 g/mol. The van der Waals surface area contributed by atoms with Crippen molar-refractivity contribution in [2.75, 3.05) is 5.75 Å². The lowest BCUT2D eigenvalue weighted by atomic mass is 9.80. The largest absolute Gasteiger partial charge is 0.307 e. The molecular weight excluding hydrogens is 392 g/mol. The normalized spacial score (nSPS) is 19.2. The van der Waals surface area contributed by atoms with E-state index in [4.69, 9.17) is 0 Å². The molecule has 1 saturated heterocycles. The number of unbranched alkanes of at least 4 members (excludes halogenated alkanes) is 13. The fourth-order valence-electron chi connectivity index (χ4n) is 5.21. The minimum Gasteiger partial charge on any atom is -0.307 e. The molecule has 0 bridgehead atoms. The van der Waals surface area contributed by atoms with E-state index in [2.05, 4.69) is 44.7 Å². The van der Waals surface area contributed by atoms with Gasteiger partial charge in [0, 0.05) is 17.1 Å². The lowest BCUT2D eigenvalue weighted by Gasteiger charge is -2.46. The Balaban J connectivity index is 2.03. The summed E-state index contributed by atoms with van der Waals surface area (Å²) in [6, 6.07) is 0.0351. The molecule has 4 nitrogen and oxygen atoms in total. The summed E-state index contributed by atoms with van der Waals surface area (Å²) in [5.74, 6) is 0.274. The van der Waals surface area contributed by atoms with Crippen molar-refractivity contribution in [3.63, 3.8) is 0 Å². The molecule has 0 aromatic carbocycles. The van der Waals surface area contributed by atoms with E-state index in [1.54, 1.807) is 0 Å². The second-order valence-corrected chi connectivity index (χ2v) is 12.9. The van der Waals surface area contributed by atoms with Gasteiger partial charge in [-0.05, 0) is 47.0 Å². The Kier molecular flexibility index (Phi) is 13.1. The van der Waals surface area contributed by atoms with Gasteiger partial charge in [0.25, 0.3) is 0 Å². The molecule has 0 aromatic rings. The first-order chi connectivity index (χ1) is 14.1. The SMILES string of the molecule is CCCCCCCCCCCCCCCCS(=O)(=O)NC1CC(C)(C)NC(C)(C)C1. The molecule has 0 aromatic heterocycles. The third kappa shape index (κ3) is 14.0. The number of sulfonamides is 1. The maximum absolute atomic E-state index is 12.5. The van der Waals surface area contributed by atoms with Gasteiger partial charge in [-0.3, -0.25) is 0 Å². The van der Waals surface area contributed by atoms with Gasteiger partial charge in [0.15, 0.2) is 0 Å². The number of hydrogen-bond donors (Lipinski definition) is 2. The molecule has 0 unspecified atom stereocenters. The van der Waals surface area contributed by atoms with Gasteiger partial charge in [-0.1, -0.05) is 90.4 Å². The van der Waals surface area contributed by atoms with Crippen molar-refractivity contribution in [3.05, 3.63) is 0 Å². The topological polar surface area (TPSA) is 58.2 Å². The number of rotatable bonds is 17. The highest BCUT2D eigenvalue weighted by Crippen LogP contribution is 2.29. The van der Waals surface area contributed by atoms with Crippen LogP contribution in [0.25, 0.3) is 0 Å². The molecule has 0 spiro atoms. The average Bonchev–Trinajstić information content (AvgIpc) is 2.58. The molecule has 0 radical (unpaired) electrons. The minimum absolute atomic E-state index is 0.0351. The fraction of sp³-hybridized carbons (Fsp3) is 1.00. The Bertz CT molecular complexity index is 527. The Hall–Kier alpha value is -0.130. The third-order valence-electron chi connectivity index (χ3n) is 6.30. The van der Waals surface area contributed by atoms with Gasteiger partial charge in [0.2, 0.25) is 10.0 Å². The van der Waals surface area contributed by atoms with Crippen LogP contribution in [0.3, 0.4) is 0 Å². The van der Waals surface area contributed by atoms with Gasteiger partial charge in [0.1, 0.15) is 0 Å². The summed E-state index contributed by atoms with van der Waals surface area (Å²) >= 11 is 0. The molecule has 1 heterocycles. The van der Waals surface area contributed by atoms with Crippen LogP contribution in [0.1, 0.15) is 137 Å². The molecule has 0 saturated carbocycles. The molecule has 1 rings (SSSR count). The van der Waals surface area contributed by atoms with Gasteiger partial charge >= 0.3 is 0 Å². The van der Waals surface area contributed by atoms with Crippen LogP contribution < -0.4 is 10.0 Å². The number of hydrogen-bond acceptors (Lipinski definition) is 3. The first-order valence-electron chi connectivity index (χ1n) is 12.8. The third-order valence-corrected chi connectivity index (χ3v) is 7.82. The Morgan fingerprint density at radius 2 is 1.07 bits per heavy atom. The van der Waals surface area contributed by atoms with Crippen molar-refractivity contribution in [1.82, 2.24) is 10.0 Å². The molecule has 1 aliphatic heterocycles. The van der Waals surface area contributed by atoms with Crippen molar-refractivity contribution in [2.24, 2.45) is 0 Å². The second kappa shape index (κ2) is 14.1. The Morgan fingerprint density at radius 3 is 1.47 bits per heavy atom. The zero-order valence-electron chi connectivity index (χ0n) is 20.8. The Labute approximate surface area is 188 Å². The van der Waals surface area contributed by atoms with Gasteiger partial charge < -0.3 is 5.32 Å². The fourth-order valence-corrected chi connectivity index (χ4v) is 6.58. The predicted molar refractivity (Wildman–Crippen MR) is 132 cm³/mol. The monoisotopic (exact) mass is 444 g/mol. The molecule has 0 aliphatic carbocycles. The molecule has 5 heteroatoms. The summed E-state index contributed by atoms with van der Waals surface area (Å²) in [5.41, 5.74) is -0.0754. The summed E-state index contributed by atoms with van der Waals surface area (Å²) in [7, 11) is -3.18. The van der Waals surface area contributed by atoms with Crippen molar-refractivity contribution in [3.8, 4) is 0 Å². The van der Waals surface area contributed by atoms with E-state index < -0.39 is 10.0 Å². The van der Waals surface area contributed by atoms with Crippen LogP contribution in [0.4, 0.5) is 0 Å². The highest BCUT2D eigenvalue weighted by atomic mass is 32.2. The summed E-state index contributed by atoms with van der Waals surface area (Å²) in [5, 5.41) is 3.61. The molecule has 180 valence electrons. The van der Waals surface area contributed by atoms with Crippen molar-refractivity contribution < 1.29 is 8.42 Å². The maximum atomic E-state index is 12.5. The summed E-state index contributed by atoms with van der Waals surface area (Å²) < 4.78 is 28.0. The van der Waals surface area contributed by atoms with E-state index in [1.165, 1.54) is 77.0 Å². The van der Waals surface area contributed by atoms with Gasteiger partial charge in [-0.25, -0.2) is 13.1 Å². The van der Waals surface area contributed by atoms with Crippen molar-refractivity contribution in [1.29, 1.82) is 0 Å². The standard InChI is InChI=1S/C25H52N2O2S/c1-6-7-8-9-10-11-12-13-14-15-16-17-18-19-20-30(28,29)26-23-21-24(2,3)27-25(4,5)22-23/h23,26-27H,6-22H2,1-5H3. The Morgan fingerprint density at radius 1 is 0.700 bits per heavy atom. The van der Waals surface area contributed by atoms with Gasteiger partial charge in [-0.2, -0.15) is 0 Å². The van der Waals surface area contributed by atoms with Crippen molar-refractivity contribution in [2.45, 2.75) is 154 Å². The van der Waals surface area contributed by atoms with Crippen molar-refractivity contribution >= 4 is 10.0 Å². The van der Waals surface area contributed by atoms with Crippen LogP contribution in [-0.4, -0.2) is 31.3 Å². The molecule has 2 N–H and O–H groups in total. The van der Waals surface area contributed by atoms with Gasteiger partial charge in [0.05, 0.1) is 5.75 Å². The molecule has 0 atom stereocenters. The summed E-state index contributed by atoms with van der Waals surface area (Å²) in [6.07, 6.45) is 19.7. The van der Waals surface area contributed by atoms with Crippen LogP contribution in [0.2, 0.25) is 0 Å². The van der Waals surface area contributed by atoms with E-state index in [9.17, 15) is 8.42 Å². The van der Waals surface area contributed by atoms with Crippen LogP contribution in [0.15, 0.2) is 0 Å². The van der Waals surface area contributed by atoms with Crippen LogP contribution >= 0.6 is 0 Å². The van der Waals surface area contributed by atoms with Crippen LogP contribution in [0.5, 0.6) is 0 Å². The number of piperidine rings is 1. The van der Waals surface area contributed by atoms with Crippen LogP contribution in [0, 0.1) is 0 Å². The first-order valence-corrected chi connectivity index (χ1v) is 14.5. The lowest BCUT2D eigenvalue weighted by Crippen LogP contribution is -2.62. The molecule has 1 fully saturated rings. The molecule has 1 aliphatic rings. The summed E-state index contributed by atoms with van der Waals surface area (Å²) in [6.45, 7) is 10.9. The number of nitrogens with one attached hydrogen (secondary N) is 2. The molecular formula is C25H52N2O2S. The van der Waals surface area contributed by atoms with Crippen LogP contribution in [-0.2, 0) is 10.0 Å². The van der Waals surface area contributed by atoms with E-state index in [0.29, 0.717) is 0 Å². The van der Waals surface area contributed by atoms with E-state index in [-0.39, 0.29) is 22.9 Å². The predicted octanol–water partition coefficient (Wildman–Crippen LogP) is 6.70. The zero-order valence-corrected chi connectivity index (χ0v) is 21.6. The second-order valence-electron chi connectivity index (χ2n) is 11.0. The zero-order chi connectivity index (χ0) is 22.5. The highest BCUT2D eigenvalue weighted by Gasteiger charge is 2.38. The summed E-state index contributed by atoms with van der Waals surface area (Å²) in [4.78, 5) is 0. The van der Waals surface area contributed by atoms with E-state index >= 15 is 0 Å². The lowest BCUT2D eigenvalue weighted by molar-refractivity contribution is 0.157. The van der Waals surface area contributed by atoms with E-state index in [1.807, 2.05) is 0 Å². The minimum atomic E-state index is -3.18. The quantitative estimate of drug-likeness (QED) is 0.245. The maximum Gasteiger partial charge on any atom is 0.211 e.